The Labute approximate surface area is 65.6 Å². The molecule has 0 radical (unpaired) electrons. The lowest BCUT2D eigenvalue weighted by Gasteiger charge is -2.16. The van der Waals surface area contributed by atoms with Crippen LogP contribution in [-0.4, -0.2) is 11.6 Å². The zero-order valence-corrected chi connectivity index (χ0v) is 6.46. The Morgan fingerprint density at radius 1 is 1.45 bits per heavy atom. The third kappa shape index (κ3) is 1.04. The van der Waals surface area contributed by atoms with E-state index in [9.17, 15) is 9.59 Å². The Balaban J connectivity index is 2.93. The summed E-state index contributed by atoms with van der Waals surface area (Å²) in [4.78, 5) is 22.3. The van der Waals surface area contributed by atoms with E-state index in [0.29, 0.717) is 6.42 Å². The van der Waals surface area contributed by atoms with Gasteiger partial charge in [-0.25, -0.2) is 0 Å². The summed E-state index contributed by atoms with van der Waals surface area (Å²) in [7, 11) is 0. The maximum atomic E-state index is 11.1. The van der Waals surface area contributed by atoms with Crippen molar-refractivity contribution < 1.29 is 9.59 Å². The smallest absolute Gasteiger partial charge is 0.169 e. The molecule has 1 rings (SSSR count). The standard InChI is InChI=1S/C9H10O2/c1-3-6-9(2)7(10)4-5-8(9)11/h3-5H,1,6H2,2H3. The van der Waals surface area contributed by atoms with Gasteiger partial charge in [0.05, 0.1) is 5.41 Å². The zero-order valence-electron chi connectivity index (χ0n) is 6.46. The van der Waals surface area contributed by atoms with E-state index in [-0.39, 0.29) is 11.6 Å². The summed E-state index contributed by atoms with van der Waals surface area (Å²) >= 11 is 0. The highest BCUT2D eigenvalue weighted by atomic mass is 16.2. The molecule has 1 aliphatic carbocycles. The molecule has 0 aliphatic heterocycles. The van der Waals surface area contributed by atoms with Crippen molar-refractivity contribution in [1.29, 1.82) is 0 Å². The summed E-state index contributed by atoms with van der Waals surface area (Å²) in [6.45, 7) is 5.16. The molecular formula is C9H10O2. The molecule has 0 aromatic rings. The number of carbonyl (C=O) groups excluding carboxylic acids is 2. The van der Waals surface area contributed by atoms with Crippen LogP contribution in [0, 0.1) is 5.41 Å². The minimum Gasteiger partial charge on any atom is -0.294 e. The lowest BCUT2D eigenvalue weighted by molar-refractivity contribution is -0.132. The van der Waals surface area contributed by atoms with Crippen molar-refractivity contribution in [3.05, 3.63) is 24.8 Å². The quantitative estimate of drug-likeness (QED) is 0.439. The van der Waals surface area contributed by atoms with E-state index in [4.69, 9.17) is 0 Å². The van der Waals surface area contributed by atoms with E-state index in [2.05, 4.69) is 6.58 Å². The van der Waals surface area contributed by atoms with Crippen molar-refractivity contribution >= 4 is 11.6 Å². The van der Waals surface area contributed by atoms with Crippen molar-refractivity contribution in [3.8, 4) is 0 Å². The summed E-state index contributed by atoms with van der Waals surface area (Å²) in [5.74, 6) is -0.218. The molecule has 0 bridgehead atoms. The fourth-order valence-corrected chi connectivity index (χ4v) is 1.13. The second-order valence-corrected chi connectivity index (χ2v) is 2.89. The van der Waals surface area contributed by atoms with E-state index >= 15 is 0 Å². The third-order valence-electron chi connectivity index (χ3n) is 2.03. The minimum absolute atomic E-state index is 0.109. The third-order valence-corrected chi connectivity index (χ3v) is 2.03. The molecule has 0 saturated carbocycles. The molecule has 0 atom stereocenters. The van der Waals surface area contributed by atoms with Gasteiger partial charge in [-0.15, -0.1) is 6.58 Å². The van der Waals surface area contributed by atoms with E-state index in [0.717, 1.165) is 0 Å². The second-order valence-electron chi connectivity index (χ2n) is 2.89. The van der Waals surface area contributed by atoms with Crippen molar-refractivity contribution in [2.24, 2.45) is 5.41 Å². The highest BCUT2D eigenvalue weighted by molar-refractivity contribution is 6.22. The fraction of sp³-hybridized carbons (Fsp3) is 0.333. The summed E-state index contributed by atoms with van der Waals surface area (Å²) < 4.78 is 0. The van der Waals surface area contributed by atoms with Crippen molar-refractivity contribution in [2.45, 2.75) is 13.3 Å². The molecule has 0 aromatic carbocycles. The van der Waals surface area contributed by atoms with Gasteiger partial charge in [-0.05, 0) is 25.5 Å². The minimum atomic E-state index is -0.845. The molecule has 58 valence electrons. The van der Waals surface area contributed by atoms with Crippen LogP contribution >= 0.6 is 0 Å². The van der Waals surface area contributed by atoms with E-state index in [1.54, 1.807) is 13.0 Å². The molecule has 0 fully saturated rings. The predicted molar refractivity (Wildman–Crippen MR) is 42.1 cm³/mol. The van der Waals surface area contributed by atoms with Crippen LogP contribution in [0.2, 0.25) is 0 Å². The monoisotopic (exact) mass is 150 g/mol. The summed E-state index contributed by atoms with van der Waals surface area (Å²) in [5.41, 5.74) is -0.845. The summed E-state index contributed by atoms with van der Waals surface area (Å²) in [6, 6.07) is 0. The molecule has 1 aliphatic rings. The SMILES string of the molecule is C=CCC1(C)C(=O)C=CC1=O. The molecule has 0 heterocycles. The molecule has 0 unspecified atom stereocenters. The Morgan fingerprint density at radius 2 is 1.91 bits per heavy atom. The first kappa shape index (κ1) is 7.92. The van der Waals surface area contributed by atoms with Gasteiger partial charge >= 0.3 is 0 Å². The summed E-state index contributed by atoms with van der Waals surface area (Å²) in [5, 5.41) is 0. The summed E-state index contributed by atoms with van der Waals surface area (Å²) in [6.07, 6.45) is 4.71. The maximum Gasteiger partial charge on any atom is 0.169 e. The van der Waals surface area contributed by atoms with E-state index in [1.165, 1.54) is 12.2 Å². The largest absolute Gasteiger partial charge is 0.294 e. The molecule has 2 nitrogen and oxygen atoms in total. The van der Waals surface area contributed by atoms with Gasteiger partial charge in [-0.1, -0.05) is 6.08 Å². The van der Waals surface area contributed by atoms with Gasteiger partial charge in [0, 0.05) is 0 Å². The van der Waals surface area contributed by atoms with Crippen molar-refractivity contribution in [3.63, 3.8) is 0 Å². The van der Waals surface area contributed by atoms with Crippen molar-refractivity contribution in [2.75, 3.05) is 0 Å². The first-order valence-electron chi connectivity index (χ1n) is 3.49. The zero-order chi connectivity index (χ0) is 8.48. The molecule has 0 saturated heterocycles. The van der Waals surface area contributed by atoms with Gasteiger partial charge < -0.3 is 0 Å². The number of hydrogen-bond acceptors (Lipinski definition) is 2. The van der Waals surface area contributed by atoms with Gasteiger partial charge in [0.15, 0.2) is 11.6 Å². The number of rotatable bonds is 2. The number of carbonyl (C=O) groups is 2. The maximum absolute atomic E-state index is 11.1. The highest BCUT2D eigenvalue weighted by Gasteiger charge is 2.40. The van der Waals surface area contributed by atoms with Gasteiger partial charge in [0.1, 0.15) is 0 Å². The predicted octanol–water partition coefficient (Wildman–Crippen LogP) is 1.28. The fourth-order valence-electron chi connectivity index (χ4n) is 1.13. The molecule has 0 N–H and O–H groups in total. The van der Waals surface area contributed by atoms with Crippen LogP contribution in [0.3, 0.4) is 0 Å². The topological polar surface area (TPSA) is 34.1 Å². The lowest BCUT2D eigenvalue weighted by atomic mass is 9.82. The van der Waals surface area contributed by atoms with Gasteiger partial charge in [-0.2, -0.15) is 0 Å². The Hall–Kier alpha value is -1.18. The molecule has 0 amide bonds. The molecule has 0 aromatic heterocycles. The second kappa shape index (κ2) is 2.46. The van der Waals surface area contributed by atoms with Gasteiger partial charge in [0.25, 0.3) is 0 Å². The average molecular weight is 150 g/mol. The molecule has 2 heteroatoms. The van der Waals surface area contributed by atoms with E-state index in [1.807, 2.05) is 0 Å². The lowest BCUT2D eigenvalue weighted by Crippen LogP contribution is -2.29. The first-order valence-corrected chi connectivity index (χ1v) is 3.49. The Kier molecular flexibility index (Phi) is 1.77. The Bertz CT molecular complexity index is 230. The van der Waals surface area contributed by atoms with Crippen LogP contribution in [0.4, 0.5) is 0 Å². The van der Waals surface area contributed by atoms with Crippen LogP contribution in [0.25, 0.3) is 0 Å². The number of allylic oxidation sites excluding steroid dienone is 3. The van der Waals surface area contributed by atoms with Crippen LogP contribution in [0.1, 0.15) is 13.3 Å². The Morgan fingerprint density at radius 3 is 2.27 bits per heavy atom. The van der Waals surface area contributed by atoms with Crippen LogP contribution in [-0.2, 0) is 9.59 Å². The molecule has 0 spiro atoms. The number of ketones is 2. The van der Waals surface area contributed by atoms with Crippen LogP contribution in [0.5, 0.6) is 0 Å². The molecular weight excluding hydrogens is 140 g/mol. The molecule has 11 heavy (non-hydrogen) atoms. The number of hydrogen-bond donors (Lipinski definition) is 0. The average Bonchev–Trinajstić information content (AvgIpc) is 2.19. The highest BCUT2D eigenvalue weighted by Crippen LogP contribution is 2.29. The first-order chi connectivity index (χ1) is 5.11. The van der Waals surface area contributed by atoms with Crippen LogP contribution < -0.4 is 0 Å². The van der Waals surface area contributed by atoms with Gasteiger partial charge in [-0.3, -0.25) is 9.59 Å². The van der Waals surface area contributed by atoms with Gasteiger partial charge in [0.2, 0.25) is 0 Å². The van der Waals surface area contributed by atoms with Crippen molar-refractivity contribution in [1.82, 2.24) is 0 Å². The normalized spacial score (nSPS) is 20.8. The van der Waals surface area contributed by atoms with Crippen LogP contribution in [0.15, 0.2) is 24.8 Å². The van der Waals surface area contributed by atoms with E-state index < -0.39 is 5.41 Å².